The molecule has 1 saturated heterocycles. The Balaban J connectivity index is 1.98. The Hall–Kier alpha value is -2.97. The van der Waals surface area contributed by atoms with Gasteiger partial charge in [-0.1, -0.05) is 17.1 Å². The van der Waals surface area contributed by atoms with Crippen molar-refractivity contribution < 1.29 is 36.3 Å². The smallest absolute Gasteiger partial charge is 0.383 e. The van der Waals surface area contributed by atoms with Gasteiger partial charge >= 0.3 is 6.18 Å². The Morgan fingerprint density at radius 1 is 1.13 bits per heavy atom. The van der Waals surface area contributed by atoms with Gasteiger partial charge in [0.15, 0.2) is 0 Å². The number of rotatable bonds is 6. The second-order valence-electron chi connectivity index (χ2n) is 10.9. The van der Waals surface area contributed by atoms with Crippen LogP contribution in [0, 0.1) is 11.6 Å². The summed E-state index contributed by atoms with van der Waals surface area (Å²) < 4.78 is 79.4. The number of nitrogens with zero attached hydrogens (tertiary/aromatic N) is 4. The SMILES string of the molecule is [B]C([B])=C([B])C(=O)N1C(C)CN(C(=NC)c2cc(C(F)(F)F)c(-c3cc(Cl)c(F)cc3F)c3c2N(C=O)C(COC)CS3)CC1C. The van der Waals surface area contributed by atoms with Crippen LogP contribution in [0.4, 0.5) is 27.6 Å². The molecule has 2 aliphatic heterocycles. The fourth-order valence-corrected chi connectivity index (χ4v) is 7.41. The number of amidine groups is 1. The number of thioether (sulfide) groups is 1. The first-order chi connectivity index (χ1) is 21.6. The summed E-state index contributed by atoms with van der Waals surface area (Å²) in [6, 6.07) is 0.355. The number of hydrogen-bond acceptors (Lipinski definition) is 5. The molecule has 4 rings (SSSR count). The van der Waals surface area contributed by atoms with E-state index in [9.17, 15) is 27.2 Å². The van der Waals surface area contributed by atoms with Crippen molar-refractivity contribution in [2.75, 3.05) is 44.5 Å². The van der Waals surface area contributed by atoms with Crippen molar-refractivity contribution in [2.45, 2.75) is 43.0 Å². The number of piperazine rings is 1. The van der Waals surface area contributed by atoms with Gasteiger partial charge in [0.25, 0.3) is 0 Å². The summed E-state index contributed by atoms with van der Waals surface area (Å²) in [5.74, 6) is -2.81. The van der Waals surface area contributed by atoms with E-state index in [1.807, 2.05) is 0 Å². The highest BCUT2D eigenvalue weighted by Crippen LogP contribution is 2.52. The Bertz CT molecular complexity index is 1600. The average Bonchev–Trinajstić information content (AvgIpc) is 2.97. The number of alkyl halides is 3. The number of fused-ring (bicyclic) bond motifs is 1. The number of amides is 2. The Labute approximate surface area is 276 Å². The van der Waals surface area contributed by atoms with Gasteiger partial charge in [-0.05, 0) is 26.0 Å². The maximum atomic E-state index is 15.3. The van der Waals surface area contributed by atoms with Crippen molar-refractivity contribution in [2.24, 2.45) is 4.99 Å². The van der Waals surface area contributed by atoms with Crippen LogP contribution in [-0.2, 0) is 20.5 Å². The molecule has 2 aliphatic rings. The minimum absolute atomic E-state index is 0.0404. The molecule has 0 aliphatic carbocycles. The van der Waals surface area contributed by atoms with Gasteiger partial charge in [-0.25, -0.2) is 8.78 Å². The van der Waals surface area contributed by atoms with Gasteiger partial charge in [-0.3, -0.25) is 14.6 Å². The van der Waals surface area contributed by atoms with Crippen molar-refractivity contribution >= 4 is 70.7 Å². The molecule has 7 nitrogen and oxygen atoms in total. The third-order valence-electron chi connectivity index (χ3n) is 7.83. The number of carbonyl (C=O) groups excluding carboxylic acids is 2. The lowest BCUT2D eigenvalue weighted by Crippen LogP contribution is -2.60. The van der Waals surface area contributed by atoms with E-state index in [-0.39, 0.29) is 58.3 Å². The van der Waals surface area contributed by atoms with Gasteiger partial charge in [0.1, 0.15) is 25.3 Å². The first-order valence-corrected chi connectivity index (χ1v) is 15.3. The van der Waals surface area contributed by atoms with E-state index in [2.05, 4.69) is 4.99 Å². The van der Waals surface area contributed by atoms with E-state index < -0.39 is 63.6 Å². The lowest BCUT2D eigenvalue weighted by Gasteiger charge is -2.46. The van der Waals surface area contributed by atoms with Crippen molar-refractivity contribution in [3.63, 3.8) is 0 Å². The average molecular weight is 675 g/mol. The molecule has 3 unspecified atom stereocenters. The molecule has 0 bridgehead atoms. The van der Waals surface area contributed by atoms with Gasteiger partial charge in [-0.15, -0.1) is 11.8 Å². The summed E-state index contributed by atoms with van der Waals surface area (Å²) in [7, 11) is 19.7. The first kappa shape index (κ1) is 35.9. The summed E-state index contributed by atoms with van der Waals surface area (Å²) >= 11 is 6.89. The zero-order chi connectivity index (χ0) is 34.2. The zero-order valence-corrected chi connectivity index (χ0v) is 26.9. The van der Waals surface area contributed by atoms with Crippen LogP contribution in [0.5, 0.6) is 0 Å². The minimum atomic E-state index is -5.03. The van der Waals surface area contributed by atoms with E-state index in [0.29, 0.717) is 12.5 Å². The zero-order valence-electron chi connectivity index (χ0n) is 25.3. The van der Waals surface area contributed by atoms with E-state index in [1.54, 1.807) is 18.7 Å². The second-order valence-corrected chi connectivity index (χ2v) is 12.4. The van der Waals surface area contributed by atoms with Gasteiger partial charge in [-0.2, -0.15) is 18.5 Å². The molecule has 2 aromatic carbocycles. The van der Waals surface area contributed by atoms with Crippen LogP contribution in [0.25, 0.3) is 11.1 Å². The van der Waals surface area contributed by atoms with Crippen LogP contribution in [-0.4, -0.2) is 109 Å². The van der Waals surface area contributed by atoms with E-state index in [4.69, 9.17) is 39.9 Å². The summed E-state index contributed by atoms with van der Waals surface area (Å²) in [5.41, 5.74) is -2.76. The third-order valence-corrected chi connectivity index (χ3v) is 9.36. The molecule has 0 spiro atoms. The molecule has 6 radical (unpaired) electrons. The van der Waals surface area contributed by atoms with E-state index in [1.165, 1.54) is 24.0 Å². The highest BCUT2D eigenvalue weighted by Gasteiger charge is 2.43. The van der Waals surface area contributed by atoms with Gasteiger partial charge in [0, 0.05) is 72.7 Å². The van der Waals surface area contributed by atoms with Crippen LogP contribution < -0.4 is 4.90 Å². The topological polar surface area (TPSA) is 65.5 Å². The number of anilines is 1. The Morgan fingerprint density at radius 2 is 1.76 bits per heavy atom. The quantitative estimate of drug-likeness (QED) is 0.0868. The number of methoxy groups -OCH3 is 1. The Kier molecular flexibility index (Phi) is 10.9. The predicted octanol–water partition coefficient (Wildman–Crippen LogP) is 4.36. The maximum Gasteiger partial charge on any atom is 0.417 e. The van der Waals surface area contributed by atoms with Crippen LogP contribution in [0.1, 0.15) is 25.0 Å². The maximum absolute atomic E-state index is 15.3. The van der Waals surface area contributed by atoms with Gasteiger partial charge in [0.2, 0.25) is 12.3 Å². The highest BCUT2D eigenvalue weighted by molar-refractivity contribution is 7.99. The highest BCUT2D eigenvalue weighted by atomic mass is 35.5. The molecule has 0 N–H and O–H groups in total. The van der Waals surface area contributed by atoms with Crippen molar-refractivity contribution in [1.29, 1.82) is 0 Å². The van der Waals surface area contributed by atoms with Crippen LogP contribution >= 0.6 is 23.4 Å². The fourth-order valence-electron chi connectivity index (χ4n) is 5.91. The lowest BCUT2D eigenvalue weighted by atomic mass is 9.69. The summed E-state index contributed by atoms with van der Waals surface area (Å²) in [6.07, 6.45) is -4.56. The molecule has 238 valence electrons. The normalized spacial score (nSPS) is 20.4. The monoisotopic (exact) mass is 674 g/mol. The molecule has 0 saturated carbocycles. The summed E-state index contributed by atoms with van der Waals surface area (Å²) in [4.78, 5) is 34.4. The number of carbonyl (C=O) groups is 2. The van der Waals surface area contributed by atoms with Crippen LogP contribution in [0.15, 0.2) is 38.9 Å². The van der Waals surface area contributed by atoms with Crippen molar-refractivity contribution in [3.8, 4) is 11.1 Å². The molecule has 2 amide bonds. The lowest BCUT2D eigenvalue weighted by molar-refractivity contribution is -0.137. The largest absolute Gasteiger partial charge is 0.417 e. The second kappa shape index (κ2) is 14.0. The number of halogens is 6. The molecule has 2 heterocycles. The van der Waals surface area contributed by atoms with Crippen molar-refractivity contribution in [3.05, 3.63) is 56.8 Å². The van der Waals surface area contributed by atoms with Gasteiger partial charge in [0.05, 0.1) is 44.6 Å². The Morgan fingerprint density at radius 3 is 2.28 bits per heavy atom. The number of hydrogen-bond donors (Lipinski definition) is 0. The number of benzene rings is 2. The fraction of sp³-hybridized carbons (Fsp3) is 0.414. The van der Waals surface area contributed by atoms with E-state index in [0.717, 1.165) is 23.9 Å². The molecule has 1 fully saturated rings. The van der Waals surface area contributed by atoms with Crippen LogP contribution in [0.2, 0.25) is 5.02 Å². The number of ether oxygens (including phenoxy) is 1. The van der Waals surface area contributed by atoms with Gasteiger partial charge < -0.3 is 19.4 Å². The van der Waals surface area contributed by atoms with E-state index >= 15 is 4.39 Å². The van der Waals surface area contributed by atoms with Crippen molar-refractivity contribution in [1.82, 2.24) is 9.80 Å². The molecule has 17 heteroatoms. The predicted molar refractivity (Wildman–Crippen MR) is 171 cm³/mol. The molecule has 0 aromatic heterocycles. The summed E-state index contributed by atoms with van der Waals surface area (Å²) in [6.45, 7) is 3.70. The van der Waals surface area contributed by atoms with Crippen LogP contribution in [0.3, 0.4) is 0 Å². The first-order valence-electron chi connectivity index (χ1n) is 13.9. The minimum Gasteiger partial charge on any atom is -0.383 e. The molecule has 2 aromatic rings. The molecule has 46 heavy (non-hydrogen) atoms. The number of aliphatic imine (C=N–C) groups is 1. The third kappa shape index (κ3) is 6.71. The molecular formula is C29H27B3ClF5N4O3S. The molecular weight excluding hydrogens is 647 g/mol. The molecule has 3 atom stereocenters. The standard InChI is InChI=1S/C29H27B3ClF5N4O3S/c1-13-8-40(9-14(2)42(13)28(44)23(30)26(31)32)27(39-3)17-5-18(29(36,37)38)22(16-6-19(33)21(35)7-20(16)34)25-24(17)41(12-43)15(10-45-4)11-46-25/h5-7,12-15H,8-11H2,1-4H3. The summed E-state index contributed by atoms with van der Waals surface area (Å²) in [5, 5.41) is -0.921.